The van der Waals surface area contributed by atoms with E-state index in [9.17, 15) is 4.79 Å². The largest absolute Gasteiger partial charge is 0.423 e. The molecule has 1 amide bonds. The predicted octanol–water partition coefficient (Wildman–Crippen LogP) is 2.17. The molecule has 0 saturated carbocycles. The first-order valence-electron chi connectivity index (χ1n) is 8.45. The maximum atomic E-state index is 12.9. The highest BCUT2D eigenvalue weighted by Crippen LogP contribution is 2.25. The fraction of sp³-hybridized carbons (Fsp3) is 0.333. The van der Waals surface area contributed by atoms with Gasteiger partial charge in [-0.2, -0.15) is 5.10 Å². The van der Waals surface area contributed by atoms with Crippen LogP contribution in [0.4, 0.5) is 0 Å². The first kappa shape index (κ1) is 16.5. The number of carbonyl (C=O) groups is 1. The summed E-state index contributed by atoms with van der Waals surface area (Å²) in [4.78, 5) is 14.7. The second kappa shape index (κ2) is 6.72. The van der Waals surface area contributed by atoms with E-state index < -0.39 is 6.10 Å². The van der Waals surface area contributed by atoms with Crippen molar-refractivity contribution in [3.63, 3.8) is 0 Å². The first-order chi connectivity index (χ1) is 12.6. The molecule has 1 aliphatic heterocycles. The number of aryl methyl sites for hydroxylation is 1. The summed E-state index contributed by atoms with van der Waals surface area (Å²) in [6.45, 7) is 4.55. The molecule has 0 spiro atoms. The molecule has 3 aromatic rings. The molecule has 2 aromatic heterocycles. The molecule has 1 saturated heterocycles. The predicted molar refractivity (Wildman–Crippen MR) is 91.8 cm³/mol. The van der Waals surface area contributed by atoms with Gasteiger partial charge in [0.05, 0.1) is 18.3 Å². The van der Waals surface area contributed by atoms with Gasteiger partial charge in [0.15, 0.2) is 6.10 Å². The van der Waals surface area contributed by atoms with E-state index in [1.165, 1.54) is 0 Å². The van der Waals surface area contributed by atoms with Gasteiger partial charge in [-0.05, 0) is 37.3 Å². The van der Waals surface area contributed by atoms with Gasteiger partial charge in [-0.1, -0.05) is 0 Å². The van der Waals surface area contributed by atoms with Gasteiger partial charge in [0.2, 0.25) is 11.8 Å². The van der Waals surface area contributed by atoms with Crippen LogP contribution in [0.25, 0.3) is 5.69 Å². The number of morpholine rings is 1. The van der Waals surface area contributed by atoms with Gasteiger partial charge in [0.1, 0.15) is 0 Å². The fourth-order valence-corrected chi connectivity index (χ4v) is 3.06. The lowest BCUT2D eigenvalue weighted by atomic mass is 10.1. The van der Waals surface area contributed by atoms with E-state index >= 15 is 0 Å². The molecule has 1 aliphatic rings. The monoisotopic (exact) mass is 353 g/mol. The zero-order valence-electron chi connectivity index (χ0n) is 14.6. The lowest BCUT2D eigenvalue weighted by Crippen LogP contribution is -2.46. The zero-order valence-corrected chi connectivity index (χ0v) is 14.6. The van der Waals surface area contributed by atoms with Gasteiger partial charge in [0, 0.05) is 31.4 Å². The Labute approximate surface area is 150 Å². The van der Waals surface area contributed by atoms with Crippen molar-refractivity contribution >= 4 is 5.91 Å². The van der Waals surface area contributed by atoms with Crippen LogP contribution in [0.5, 0.6) is 0 Å². The molecule has 1 fully saturated rings. The van der Waals surface area contributed by atoms with Gasteiger partial charge in [0.25, 0.3) is 5.91 Å². The maximum absolute atomic E-state index is 12.9. The van der Waals surface area contributed by atoms with Crippen molar-refractivity contribution in [2.24, 2.45) is 0 Å². The molecular weight excluding hydrogens is 334 g/mol. The third-order valence-corrected chi connectivity index (χ3v) is 4.25. The number of hydrogen-bond donors (Lipinski definition) is 0. The molecule has 134 valence electrons. The van der Waals surface area contributed by atoms with Crippen LogP contribution in [0.15, 0.2) is 47.1 Å². The Hall–Kier alpha value is -3.00. The number of ether oxygens (including phenoxy) is 1. The van der Waals surface area contributed by atoms with Gasteiger partial charge >= 0.3 is 0 Å². The number of nitrogens with zero attached hydrogens (tertiary/aromatic N) is 5. The van der Waals surface area contributed by atoms with Crippen LogP contribution in [-0.4, -0.2) is 50.0 Å². The molecule has 26 heavy (non-hydrogen) atoms. The summed E-state index contributed by atoms with van der Waals surface area (Å²) in [6.07, 6.45) is 3.05. The van der Waals surface area contributed by atoms with Crippen LogP contribution in [0, 0.1) is 6.92 Å². The van der Waals surface area contributed by atoms with Crippen molar-refractivity contribution < 1.29 is 13.9 Å². The summed E-state index contributed by atoms with van der Waals surface area (Å²) in [6, 6.07) is 9.23. The van der Waals surface area contributed by atoms with Crippen LogP contribution < -0.4 is 0 Å². The van der Waals surface area contributed by atoms with Crippen LogP contribution in [-0.2, 0) is 4.74 Å². The minimum atomic E-state index is -0.410. The summed E-state index contributed by atoms with van der Waals surface area (Å²) in [5.41, 5.74) is 1.52. The Bertz CT molecular complexity index is 888. The SMILES string of the molecule is Cc1nnc([C@H]2CN(C(=O)c3ccc(-n4cccn4)cc3)C[C@@H](C)O2)o1. The maximum Gasteiger partial charge on any atom is 0.254 e. The van der Waals surface area contributed by atoms with E-state index in [1.807, 2.05) is 43.5 Å². The highest BCUT2D eigenvalue weighted by atomic mass is 16.5. The van der Waals surface area contributed by atoms with Gasteiger partial charge in [-0.15, -0.1) is 10.2 Å². The van der Waals surface area contributed by atoms with E-state index in [4.69, 9.17) is 9.15 Å². The van der Waals surface area contributed by atoms with Gasteiger partial charge in [-0.3, -0.25) is 4.79 Å². The molecule has 0 bridgehead atoms. The highest BCUT2D eigenvalue weighted by Gasteiger charge is 2.32. The van der Waals surface area contributed by atoms with Crippen molar-refractivity contribution in [2.75, 3.05) is 13.1 Å². The number of aromatic nitrogens is 4. The van der Waals surface area contributed by atoms with Gasteiger partial charge in [-0.25, -0.2) is 4.68 Å². The molecule has 8 heteroatoms. The smallest absolute Gasteiger partial charge is 0.254 e. The standard InChI is InChI=1S/C18H19N5O3/c1-12-10-22(11-16(25-12)17-21-20-13(2)26-17)18(24)14-4-6-15(7-5-14)23-9-3-8-19-23/h3-9,12,16H,10-11H2,1-2H3/t12-,16-/m1/s1. The van der Waals surface area contributed by atoms with Crippen molar-refractivity contribution in [3.8, 4) is 5.69 Å². The summed E-state index contributed by atoms with van der Waals surface area (Å²) in [5, 5.41) is 12.0. The Kier molecular flexibility index (Phi) is 4.26. The molecular formula is C18H19N5O3. The molecule has 3 heterocycles. The van der Waals surface area contributed by atoms with Crippen LogP contribution in [0.1, 0.15) is 35.2 Å². The summed E-state index contributed by atoms with van der Waals surface area (Å²) in [7, 11) is 0. The third kappa shape index (κ3) is 3.23. The number of rotatable bonds is 3. The Morgan fingerprint density at radius 3 is 2.65 bits per heavy atom. The van der Waals surface area contributed by atoms with E-state index in [1.54, 1.807) is 22.7 Å². The Morgan fingerprint density at radius 1 is 1.19 bits per heavy atom. The number of benzene rings is 1. The van der Waals surface area contributed by atoms with Crippen molar-refractivity contribution in [3.05, 3.63) is 60.1 Å². The quantitative estimate of drug-likeness (QED) is 0.717. The molecule has 8 nitrogen and oxygen atoms in total. The van der Waals surface area contributed by atoms with Crippen molar-refractivity contribution in [1.82, 2.24) is 24.9 Å². The fourth-order valence-electron chi connectivity index (χ4n) is 3.06. The minimum Gasteiger partial charge on any atom is -0.423 e. The average molecular weight is 353 g/mol. The highest BCUT2D eigenvalue weighted by molar-refractivity contribution is 5.94. The number of hydrogen-bond acceptors (Lipinski definition) is 6. The molecule has 2 atom stereocenters. The average Bonchev–Trinajstić information content (AvgIpc) is 3.32. The Morgan fingerprint density at radius 2 is 2.00 bits per heavy atom. The third-order valence-electron chi connectivity index (χ3n) is 4.25. The number of carbonyl (C=O) groups excluding carboxylic acids is 1. The molecule has 0 N–H and O–H groups in total. The summed E-state index contributed by atoms with van der Waals surface area (Å²) in [5.74, 6) is 0.836. The van der Waals surface area contributed by atoms with E-state index in [2.05, 4.69) is 15.3 Å². The van der Waals surface area contributed by atoms with Crippen molar-refractivity contribution in [1.29, 1.82) is 0 Å². The summed E-state index contributed by atoms with van der Waals surface area (Å²) < 4.78 is 13.1. The molecule has 0 unspecified atom stereocenters. The number of amides is 1. The lowest BCUT2D eigenvalue weighted by Gasteiger charge is -2.35. The van der Waals surface area contributed by atoms with Crippen LogP contribution in [0.2, 0.25) is 0 Å². The minimum absolute atomic E-state index is 0.0478. The topological polar surface area (TPSA) is 86.3 Å². The van der Waals surface area contributed by atoms with E-state index in [-0.39, 0.29) is 12.0 Å². The van der Waals surface area contributed by atoms with Crippen LogP contribution >= 0.6 is 0 Å². The molecule has 4 rings (SSSR count). The van der Waals surface area contributed by atoms with E-state index in [0.29, 0.717) is 30.4 Å². The molecule has 0 aliphatic carbocycles. The second-order valence-electron chi connectivity index (χ2n) is 6.30. The first-order valence-corrected chi connectivity index (χ1v) is 8.45. The lowest BCUT2D eigenvalue weighted by molar-refractivity contribution is -0.0796. The van der Waals surface area contributed by atoms with Crippen molar-refractivity contribution in [2.45, 2.75) is 26.1 Å². The molecule has 1 aromatic carbocycles. The van der Waals surface area contributed by atoms with Gasteiger partial charge < -0.3 is 14.1 Å². The Balaban J connectivity index is 1.51. The summed E-state index contributed by atoms with van der Waals surface area (Å²) >= 11 is 0. The zero-order chi connectivity index (χ0) is 18.1. The van der Waals surface area contributed by atoms with E-state index in [0.717, 1.165) is 5.69 Å². The second-order valence-corrected chi connectivity index (χ2v) is 6.30. The molecule has 0 radical (unpaired) electrons. The van der Waals surface area contributed by atoms with Crippen LogP contribution in [0.3, 0.4) is 0 Å². The normalized spacial score (nSPS) is 20.3.